The van der Waals surface area contributed by atoms with Crippen LogP contribution in [0, 0.1) is 4.91 Å². The van der Waals surface area contributed by atoms with E-state index in [0.717, 1.165) is 0 Å². The Labute approximate surface area is 86.0 Å². The highest BCUT2D eigenvalue weighted by Gasteiger charge is 2.28. The molecule has 0 saturated carbocycles. The highest BCUT2D eigenvalue weighted by Crippen LogP contribution is 2.13. The van der Waals surface area contributed by atoms with Gasteiger partial charge in [0.15, 0.2) is 0 Å². The van der Waals surface area contributed by atoms with Crippen LogP contribution in [0.4, 0.5) is 4.79 Å². The first-order chi connectivity index (χ1) is 7.10. The van der Waals surface area contributed by atoms with Crippen LogP contribution in [-0.2, 0) is 9.53 Å². The normalized spacial score (nSPS) is 16.1. The van der Waals surface area contributed by atoms with E-state index >= 15 is 0 Å². The zero-order valence-corrected chi connectivity index (χ0v) is 8.44. The Balaban J connectivity index is 2.87. The maximum Gasteiger partial charge on any atom is 0.344 e. The molecular weight excluding hydrogens is 202 g/mol. The summed E-state index contributed by atoms with van der Waals surface area (Å²) in [5, 5.41) is 5.45. The van der Waals surface area contributed by atoms with Crippen LogP contribution in [0.3, 0.4) is 0 Å². The molecule has 0 spiro atoms. The third kappa shape index (κ3) is 2.30. The highest BCUT2D eigenvalue weighted by molar-refractivity contribution is 5.93. The average Bonchev–Trinajstić information content (AvgIpc) is 2.18. The van der Waals surface area contributed by atoms with E-state index in [1.807, 2.05) is 0 Å². The van der Waals surface area contributed by atoms with Crippen molar-refractivity contribution in [1.29, 1.82) is 0 Å². The minimum absolute atomic E-state index is 0.153. The molecule has 0 aromatic rings. The van der Waals surface area contributed by atoms with Crippen molar-refractivity contribution in [3.8, 4) is 0 Å². The summed E-state index contributed by atoms with van der Waals surface area (Å²) in [6.07, 6.45) is 0. The van der Waals surface area contributed by atoms with Crippen LogP contribution in [0.25, 0.3) is 0 Å². The van der Waals surface area contributed by atoms with Crippen LogP contribution in [0.2, 0.25) is 0 Å². The van der Waals surface area contributed by atoms with Gasteiger partial charge in [-0.15, -0.1) is 4.91 Å². The van der Waals surface area contributed by atoms with Gasteiger partial charge < -0.3 is 10.1 Å². The monoisotopic (exact) mass is 213 g/mol. The van der Waals surface area contributed by atoms with E-state index in [2.05, 4.69) is 10.6 Å². The molecule has 1 rings (SSSR count). The number of nitrogens with one attached hydrogen (secondary N) is 1. The zero-order valence-electron chi connectivity index (χ0n) is 8.44. The molecule has 0 bridgehead atoms. The summed E-state index contributed by atoms with van der Waals surface area (Å²) in [5.74, 6) is -0.552. The second-order valence-electron chi connectivity index (χ2n) is 2.89. The summed E-state index contributed by atoms with van der Waals surface area (Å²) in [6, 6.07) is -0.643. The highest BCUT2D eigenvalue weighted by atomic mass is 16.5. The van der Waals surface area contributed by atoms with Crippen molar-refractivity contribution in [3.05, 3.63) is 16.2 Å². The van der Waals surface area contributed by atoms with Gasteiger partial charge in [-0.25, -0.2) is 9.59 Å². The lowest BCUT2D eigenvalue weighted by atomic mass is 10.2. The summed E-state index contributed by atoms with van der Waals surface area (Å²) in [5.41, 5.74) is 0.620. The van der Waals surface area contributed by atoms with Gasteiger partial charge in [0.2, 0.25) is 0 Å². The molecule has 0 fully saturated rings. The number of urea groups is 1. The standard InChI is InChI=1S/C8H11N3O4/c1-3-15-7(12)6-4-11(10-14)8(13)9-5(6)2/h3-4H2,1-2H3,(H,9,13). The Hall–Kier alpha value is -1.92. The summed E-state index contributed by atoms with van der Waals surface area (Å²) >= 11 is 0. The Morgan fingerprint density at radius 1 is 1.67 bits per heavy atom. The third-order valence-electron chi connectivity index (χ3n) is 1.91. The first-order valence-corrected chi connectivity index (χ1v) is 4.38. The van der Waals surface area contributed by atoms with Crippen LogP contribution < -0.4 is 5.32 Å². The van der Waals surface area contributed by atoms with Crippen molar-refractivity contribution in [2.45, 2.75) is 13.8 Å². The Bertz CT molecular complexity index is 337. The van der Waals surface area contributed by atoms with Gasteiger partial charge >= 0.3 is 12.0 Å². The maximum absolute atomic E-state index is 11.4. The molecule has 0 aromatic carbocycles. The van der Waals surface area contributed by atoms with E-state index < -0.39 is 12.0 Å². The van der Waals surface area contributed by atoms with Gasteiger partial charge in [-0.3, -0.25) is 0 Å². The molecule has 0 saturated heterocycles. The Kier molecular flexibility index (Phi) is 3.37. The van der Waals surface area contributed by atoms with Gasteiger partial charge in [0.05, 0.1) is 24.0 Å². The largest absolute Gasteiger partial charge is 0.463 e. The molecule has 1 N–H and O–H groups in total. The summed E-state index contributed by atoms with van der Waals surface area (Å²) in [4.78, 5) is 32.7. The topological polar surface area (TPSA) is 88.1 Å². The number of amides is 2. The molecule has 1 heterocycles. The molecule has 1 aliphatic rings. The van der Waals surface area contributed by atoms with Gasteiger partial charge in [-0.05, 0) is 13.8 Å². The summed E-state index contributed by atoms with van der Waals surface area (Å²) in [7, 11) is 0. The number of rotatable bonds is 3. The van der Waals surface area contributed by atoms with Crippen LogP contribution in [0.5, 0.6) is 0 Å². The maximum atomic E-state index is 11.4. The van der Waals surface area contributed by atoms with Gasteiger partial charge in [-0.2, -0.15) is 5.01 Å². The predicted molar refractivity (Wildman–Crippen MR) is 50.4 cm³/mol. The van der Waals surface area contributed by atoms with Crippen LogP contribution >= 0.6 is 0 Å². The quantitative estimate of drug-likeness (QED) is 0.547. The van der Waals surface area contributed by atoms with Gasteiger partial charge in [0.1, 0.15) is 0 Å². The lowest BCUT2D eigenvalue weighted by Gasteiger charge is -2.22. The van der Waals surface area contributed by atoms with Gasteiger partial charge in [0.25, 0.3) is 0 Å². The lowest BCUT2D eigenvalue weighted by molar-refractivity contribution is -0.138. The molecule has 7 heteroatoms. The van der Waals surface area contributed by atoms with Crippen molar-refractivity contribution < 1.29 is 14.3 Å². The van der Waals surface area contributed by atoms with Crippen molar-refractivity contribution >= 4 is 12.0 Å². The molecule has 0 aromatic heterocycles. The molecule has 2 amide bonds. The number of hydrogen-bond donors (Lipinski definition) is 1. The molecule has 0 atom stereocenters. The number of esters is 1. The number of ether oxygens (including phenoxy) is 1. The Morgan fingerprint density at radius 3 is 2.87 bits per heavy atom. The van der Waals surface area contributed by atoms with Gasteiger partial charge in [-0.1, -0.05) is 0 Å². The van der Waals surface area contributed by atoms with Crippen molar-refractivity contribution in [2.75, 3.05) is 13.2 Å². The first kappa shape index (κ1) is 11.2. The second kappa shape index (κ2) is 4.54. The smallest absolute Gasteiger partial charge is 0.344 e. The van der Waals surface area contributed by atoms with E-state index in [1.165, 1.54) is 0 Å². The fourth-order valence-corrected chi connectivity index (χ4v) is 1.14. The number of carbonyl (C=O) groups excluding carboxylic acids is 2. The van der Waals surface area contributed by atoms with Crippen LogP contribution in [0.15, 0.2) is 16.6 Å². The molecule has 0 unspecified atom stereocenters. The van der Waals surface area contributed by atoms with Crippen LogP contribution in [-0.4, -0.2) is 30.2 Å². The number of hydrogen-bond acceptors (Lipinski definition) is 5. The fraction of sp³-hybridized carbons (Fsp3) is 0.500. The van der Waals surface area contributed by atoms with E-state index in [1.54, 1.807) is 13.8 Å². The average molecular weight is 213 g/mol. The molecule has 0 aliphatic carbocycles. The molecule has 82 valence electrons. The predicted octanol–water partition coefficient (Wildman–Crippen LogP) is 0.530. The molecule has 0 radical (unpaired) electrons. The zero-order chi connectivity index (χ0) is 11.4. The Morgan fingerprint density at radius 2 is 2.33 bits per heavy atom. The minimum atomic E-state index is -0.643. The first-order valence-electron chi connectivity index (χ1n) is 4.38. The molecule has 1 aliphatic heterocycles. The summed E-state index contributed by atoms with van der Waals surface area (Å²) in [6.45, 7) is 3.31. The lowest BCUT2D eigenvalue weighted by Crippen LogP contribution is -2.43. The van der Waals surface area contributed by atoms with Crippen molar-refractivity contribution in [1.82, 2.24) is 10.3 Å². The van der Waals surface area contributed by atoms with E-state index in [0.29, 0.717) is 10.7 Å². The van der Waals surface area contributed by atoms with E-state index in [4.69, 9.17) is 4.74 Å². The van der Waals surface area contributed by atoms with Crippen molar-refractivity contribution in [3.63, 3.8) is 0 Å². The number of allylic oxidation sites excluding steroid dienone is 1. The second-order valence-corrected chi connectivity index (χ2v) is 2.89. The molecular formula is C8H11N3O4. The number of nitrogens with zero attached hydrogens (tertiary/aromatic N) is 2. The molecule has 15 heavy (non-hydrogen) atoms. The molecule has 7 nitrogen and oxygen atoms in total. The fourth-order valence-electron chi connectivity index (χ4n) is 1.14. The third-order valence-corrected chi connectivity index (χ3v) is 1.91. The van der Waals surface area contributed by atoms with E-state index in [9.17, 15) is 14.5 Å². The number of carbonyl (C=O) groups is 2. The minimum Gasteiger partial charge on any atom is -0.463 e. The number of nitroso groups, excluding NO2 is 1. The van der Waals surface area contributed by atoms with E-state index in [-0.39, 0.29) is 18.7 Å². The summed E-state index contributed by atoms with van der Waals surface area (Å²) < 4.78 is 4.76. The van der Waals surface area contributed by atoms with Crippen LogP contribution in [0.1, 0.15) is 13.8 Å². The van der Waals surface area contributed by atoms with Gasteiger partial charge in [0, 0.05) is 5.70 Å². The van der Waals surface area contributed by atoms with Crippen molar-refractivity contribution in [2.24, 2.45) is 5.29 Å². The SMILES string of the molecule is CCOC(=O)C1=C(C)NC(=O)N(N=O)C1.